The molecule has 1 N–H and O–H groups in total. The Morgan fingerprint density at radius 1 is 1.25 bits per heavy atom. The first-order valence-electron chi connectivity index (χ1n) is 7.16. The molecule has 1 aromatic heterocycles. The van der Waals surface area contributed by atoms with Crippen molar-refractivity contribution < 1.29 is 19.2 Å². The van der Waals surface area contributed by atoms with E-state index in [1.165, 1.54) is 0 Å². The Morgan fingerprint density at radius 2 is 2.05 bits per heavy atom. The van der Waals surface area contributed by atoms with Crippen LogP contribution in [-0.4, -0.2) is 40.1 Å². The summed E-state index contributed by atoms with van der Waals surface area (Å²) in [7, 11) is 0. The lowest BCUT2D eigenvalue weighted by Crippen LogP contribution is -2.42. The van der Waals surface area contributed by atoms with Crippen LogP contribution in [-0.2, 0) is 17.6 Å². The molecule has 0 saturated carbocycles. The summed E-state index contributed by atoms with van der Waals surface area (Å²) >= 11 is 0. The van der Waals surface area contributed by atoms with E-state index in [1.807, 2.05) is 0 Å². The second-order valence-corrected chi connectivity index (χ2v) is 5.57. The van der Waals surface area contributed by atoms with Crippen LogP contribution in [0.3, 0.4) is 0 Å². The van der Waals surface area contributed by atoms with E-state index in [2.05, 4.69) is 5.16 Å². The minimum absolute atomic E-state index is 0.178. The molecule has 0 spiro atoms. The number of fused-ring (bicyclic) bond motifs is 1. The van der Waals surface area contributed by atoms with Gasteiger partial charge in [0.1, 0.15) is 5.76 Å². The SMILES string of the molecule is O=C(O)[C@H]1CCCN(C(=O)c2noc3c2CCCC3)C1. The second kappa shape index (κ2) is 5.26. The molecular formula is C14H18N2O4. The van der Waals surface area contributed by atoms with Crippen LogP contribution in [0, 0.1) is 5.92 Å². The first-order valence-corrected chi connectivity index (χ1v) is 7.16. The molecule has 1 amide bonds. The molecule has 1 atom stereocenters. The van der Waals surface area contributed by atoms with Crippen molar-refractivity contribution in [1.82, 2.24) is 10.1 Å². The van der Waals surface area contributed by atoms with Crippen molar-refractivity contribution in [3.63, 3.8) is 0 Å². The molecule has 6 nitrogen and oxygen atoms in total. The number of aryl methyl sites for hydroxylation is 1. The molecule has 1 aliphatic heterocycles. The number of carbonyl (C=O) groups is 2. The number of piperidine rings is 1. The van der Waals surface area contributed by atoms with E-state index in [0.717, 1.165) is 43.4 Å². The van der Waals surface area contributed by atoms with E-state index in [4.69, 9.17) is 9.63 Å². The fraction of sp³-hybridized carbons (Fsp3) is 0.643. The molecule has 108 valence electrons. The molecular weight excluding hydrogens is 260 g/mol. The van der Waals surface area contributed by atoms with Gasteiger partial charge in [0.05, 0.1) is 5.92 Å². The van der Waals surface area contributed by atoms with E-state index >= 15 is 0 Å². The number of hydrogen-bond acceptors (Lipinski definition) is 4. The van der Waals surface area contributed by atoms with Crippen molar-refractivity contribution in [2.45, 2.75) is 38.5 Å². The van der Waals surface area contributed by atoms with Gasteiger partial charge >= 0.3 is 5.97 Å². The monoisotopic (exact) mass is 278 g/mol. The van der Waals surface area contributed by atoms with Crippen molar-refractivity contribution >= 4 is 11.9 Å². The number of amides is 1. The van der Waals surface area contributed by atoms with Gasteiger partial charge < -0.3 is 14.5 Å². The number of carboxylic acids is 1. The van der Waals surface area contributed by atoms with Gasteiger partial charge in [0, 0.05) is 25.1 Å². The van der Waals surface area contributed by atoms with Gasteiger partial charge in [-0.05, 0) is 32.1 Å². The first kappa shape index (κ1) is 13.1. The number of nitrogens with zero attached hydrogens (tertiary/aromatic N) is 2. The summed E-state index contributed by atoms with van der Waals surface area (Å²) < 4.78 is 5.26. The minimum atomic E-state index is -0.829. The Kier molecular flexibility index (Phi) is 3.46. The minimum Gasteiger partial charge on any atom is -0.481 e. The number of likely N-dealkylation sites (tertiary alicyclic amines) is 1. The molecule has 0 bridgehead atoms. The van der Waals surface area contributed by atoms with Crippen molar-refractivity contribution in [2.24, 2.45) is 5.92 Å². The van der Waals surface area contributed by atoms with Crippen LogP contribution >= 0.6 is 0 Å². The van der Waals surface area contributed by atoms with Crippen LogP contribution in [0.2, 0.25) is 0 Å². The molecule has 1 aromatic rings. The maximum Gasteiger partial charge on any atom is 0.308 e. The fourth-order valence-electron chi connectivity index (χ4n) is 3.07. The zero-order valence-corrected chi connectivity index (χ0v) is 11.3. The average Bonchev–Trinajstić information content (AvgIpc) is 2.90. The van der Waals surface area contributed by atoms with Crippen LogP contribution < -0.4 is 0 Å². The van der Waals surface area contributed by atoms with E-state index in [1.54, 1.807) is 4.90 Å². The summed E-state index contributed by atoms with van der Waals surface area (Å²) in [6.07, 6.45) is 5.15. The molecule has 2 heterocycles. The highest BCUT2D eigenvalue weighted by atomic mass is 16.5. The number of carbonyl (C=O) groups excluding carboxylic acids is 1. The van der Waals surface area contributed by atoms with Gasteiger partial charge in [0.15, 0.2) is 5.69 Å². The van der Waals surface area contributed by atoms with Crippen LogP contribution in [0.5, 0.6) is 0 Å². The number of carboxylic acid groups (broad SMARTS) is 1. The summed E-state index contributed by atoms with van der Waals surface area (Å²) in [4.78, 5) is 25.2. The van der Waals surface area contributed by atoms with E-state index in [9.17, 15) is 9.59 Å². The number of aromatic nitrogens is 1. The molecule has 6 heteroatoms. The first-order chi connectivity index (χ1) is 9.66. The average molecular weight is 278 g/mol. The Hall–Kier alpha value is -1.85. The molecule has 1 fully saturated rings. The van der Waals surface area contributed by atoms with Crippen LogP contribution in [0.4, 0.5) is 0 Å². The van der Waals surface area contributed by atoms with E-state index in [0.29, 0.717) is 18.7 Å². The standard InChI is InChI=1S/C14H18N2O4/c17-13(16-7-3-4-9(8-16)14(18)19)12-10-5-1-2-6-11(10)20-15-12/h9H,1-8H2,(H,18,19)/t9-/m0/s1. The Balaban J connectivity index is 1.78. The van der Waals surface area contributed by atoms with Crippen LogP contribution in [0.25, 0.3) is 0 Å². The number of aliphatic carboxylic acids is 1. The Morgan fingerprint density at radius 3 is 2.85 bits per heavy atom. The van der Waals surface area contributed by atoms with Gasteiger partial charge in [0.2, 0.25) is 0 Å². The van der Waals surface area contributed by atoms with Crippen LogP contribution in [0.1, 0.15) is 47.5 Å². The van der Waals surface area contributed by atoms with Crippen molar-refractivity contribution in [1.29, 1.82) is 0 Å². The van der Waals surface area contributed by atoms with Crippen LogP contribution in [0.15, 0.2) is 4.52 Å². The summed E-state index contributed by atoms with van der Waals surface area (Å²) in [5.41, 5.74) is 1.32. The van der Waals surface area contributed by atoms with Crippen molar-refractivity contribution in [2.75, 3.05) is 13.1 Å². The van der Waals surface area contributed by atoms with Crippen molar-refractivity contribution in [3.8, 4) is 0 Å². The van der Waals surface area contributed by atoms with Gasteiger partial charge in [0.25, 0.3) is 5.91 Å². The van der Waals surface area contributed by atoms with E-state index < -0.39 is 11.9 Å². The lowest BCUT2D eigenvalue weighted by Gasteiger charge is -2.30. The lowest BCUT2D eigenvalue weighted by atomic mass is 9.94. The van der Waals surface area contributed by atoms with Gasteiger partial charge in [-0.15, -0.1) is 0 Å². The molecule has 2 aliphatic rings. The van der Waals surface area contributed by atoms with Gasteiger partial charge in [-0.2, -0.15) is 0 Å². The molecule has 0 unspecified atom stereocenters. The highest BCUT2D eigenvalue weighted by Crippen LogP contribution is 2.26. The number of hydrogen-bond donors (Lipinski definition) is 1. The molecule has 1 saturated heterocycles. The summed E-state index contributed by atoms with van der Waals surface area (Å²) in [5.74, 6) is -0.644. The quantitative estimate of drug-likeness (QED) is 0.886. The zero-order valence-electron chi connectivity index (χ0n) is 11.3. The summed E-state index contributed by atoms with van der Waals surface area (Å²) in [6, 6.07) is 0. The normalized spacial score (nSPS) is 22.4. The molecule has 3 rings (SSSR count). The smallest absolute Gasteiger partial charge is 0.308 e. The third-order valence-corrected chi connectivity index (χ3v) is 4.21. The third-order valence-electron chi connectivity index (χ3n) is 4.21. The van der Waals surface area contributed by atoms with Gasteiger partial charge in [-0.3, -0.25) is 9.59 Å². The van der Waals surface area contributed by atoms with E-state index in [-0.39, 0.29) is 12.5 Å². The second-order valence-electron chi connectivity index (χ2n) is 5.57. The predicted octanol–water partition coefficient (Wildman–Crippen LogP) is 1.49. The highest BCUT2D eigenvalue weighted by Gasteiger charge is 2.32. The van der Waals surface area contributed by atoms with Gasteiger partial charge in [-0.25, -0.2) is 0 Å². The maximum absolute atomic E-state index is 12.5. The largest absolute Gasteiger partial charge is 0.481 e. The lowest BCUT2D eigenvalue weighted by molar-refractivity contribution is -0.143. The fourth-order valence-corrected chi connectivity index (χ4v) is 3.07. The molecule has 1 aliphatic carbocycles. The highest BCUT2D eigenvalue weighted by molar-refractivity contribution is 5.94. The molecule has 20 heavy (non-hydrogen) atoms. The molecule has 0 radical (unpaired) electrons. The topological polar surface area (TPSA) is 83.6 Å². The predicted molar refractivity (Wildman–Crippen MR) is 69.4 cm³/mol. The Bertz CT molecular complexity index is 537. The Labute approximate surface area is 116 Å². The summed E-state index contributed by atoms with van der Waals surface area (Å²) in [5, 5.41) is 13.0. The van der Waals surface area contributed by atoms with Gasteiger partial charge in [-0.1, -0.05) is 5.16 Å². The zero-order chi connectivity index (χ0) is 14.1. The number of rotatable bonds is 2. The third kappa shape index (κ3) is 2.30. The molecule has 0 aromatic carbocycles. The summed E-state index contributed by atoms with van der Waals surface area (Å²) in [6.45, 7) is 0.875. The van der Waals surface area contributed by atoms with Crippen molar-refractivity contribution in [3.05, 3.63) is 17.0 Å². The maximum atomic E-state index is 12.5.